The predicted octanol–water partition coefficient (Wildman–Crippen LogP) is 1.52. The van der Waals surface area contributed by atoms with Crippen molar-refractivity contribution in [1.82, 2.24) is 5.43 Å². The number of hydrazine groups is 1. The summed E-state index contributed by atoms with van der Waals surface area (Å²) in [5.41, 5.74) is 1.82. The fraction of sp³-hybridized carbons (Fsp3) is 0.545. The van der Waals surface area contributed by atoms with E-state index in [4.69, 9.17) is 5.84 Å². The van der Waals surface area contributed by atoms with Gasteiger partial charge in [0, 0.05) is 0 Å². The molecule has 0 saturated heterocycles. The van der Waals surface area contributed by atoms with Gasteiger partial charge in [0.1, 0.15) is 0 Å². The average Bonchev–Trinajstić information content (AvgIpc) is 2.17. The minimum Gasteiger partial charge on any atom is -0.294 e. The zero-order valence-electron chi connectivity index (χ0n) is 8.79. The largest absolute Gasteiger partial charge is 0.294 e. The fourth-order valence-corrected chi connectivity index (χ4v) is 1.95. The molecule has 0 saturated carbocycles. The summed E-state index contributed by atoms with van der Waals surface area (Å²) in [5.74, 6) is 5.59. The van der Waals surface area contributed by atoms with Gasteiger partial charge in [0.25, 0.3) is 0 Å². The Kier molecular flexibility index (Phi) is 3.47. The van der Waals surface area contributed by atoms with E-state index in [-0.39, 0.29) is 5.91 Å². The van der Waals surface area contributed by atoms with E-state index in [2.05, 4.69) is 19.3 Å². The van der Waals surface area contributed by atoms with E-state index in [9.17, 15) is 4.79 Å². The molecule has 1 aliphatic rings. The zero-order chi connectivity index (χ0) is 10.6. The van der Waals surface area contributed by atoms with Crippen molar-refractivity contribution in [1.29, 1.82) is 0 Å². The molecule has 0 aliphatic heterocycles. The minimum atomic E-state index is -0.433. The SMILES string of the molecule is CC(C)CC1(C(=O)NN)C=CC=CC1. The Balaban J connectivity index is 2.85. The van der Waals surface area contributed by atoms with E-state index in [1.165, 1.54) is 0 Å². The third-order valence-corrected chi connectivity index (χ3v) is 2.50. The summed E-state index contributed by atoms with van der Waals surface area (Å²) in [5, 5.41) is 0. The summed E-state index contributed by atoms with van der Waals surface area (Å²) >= 11 is 0. The molecule has 3 N–H and O–H groups in total. The van der Waals surface area contributed by atoms with Crippen LogP contribution < -0.4 is 11.3 Å². The maximum absolute atomic E-state index is 11.7. The summed E-state index contributed by atoms with van der Waals surface area (Å²) in [7, 11) is 0. The highest BCUT2D eigenvalue weighted by Crippen LogP contribution is 2.34. The Morgan fingerprint density at radius 1 is 1.57 bits per heavy atom. The molecule has 1 rings (SSSR count). The van der Waals surface area contributed by atoms with E-state index in [0.717, 1.165) is 12.8 Å². The Morgan fingerprint density at radius 3 is 2.71 bits per heavy atom. The van der Waals surface area contributed by atoms with Crippen LogP contribution in [0.4, 0.5) is 0 Å². The summed E-state index contributed by atoms with van der Waals surface area (Å²) in [6.07, 6.45) is 9.41. The van der Waals surface area contributed by atoms with Crippen LogP contribution in [0.5, 0.6) is 0 Å². The zero-order valence-corrected chi connectivity index (χ0v) is 8.79. The maximum Gasteiger partial charge on any atom is 0.244 e. The van der Waals surface area contributed by atoms with E-state index < -0.39 is 5.41 Å². The summed E-state index contributed by atoms with van der Waals surface area (Å²) in [6.45, 7) is 4.22. The van der Waals surface area contributed by atoms with Crippen LogP contribution in [0.3, 0.4) is 0 Å². The van der Waals surface area contributed by atoms with Gasteiger partial charge in [-0.1, -0.05) is 38.2 Å². The molecule has 3 nitrogen and oxygen atoms in total. The van der Waals surface area contributed by atoms with Gasteiger partial charge in [0.2, 0.25) is 5.91 Å². The van der Waals surface area contributed by atoms with Crippen LogP contribution >= 0.6 is 0 Å². The van der Waals surface area contributed by atoms with Crippen molar-refractivity contribution in [2.45, 2.75) is 26.7 Å². The lowest BCUT2D eigenvalue weighted by Gasteiger charge is -2.30. The molecule has 0 aromatic carbocycles. The second kappa shape index (κ2) is 4.42. The molecular weight excluding hydrogens is 176 g/mol. The number of nitrogens with one attached hydrogen (secondary N) is 1. The van der Waals surface area contributed by atoms with Crippen LogP contribution in [-0.2, 0) is 4.79 Å². The third kappa shape index (κ3) is 2.23. The van der Waals surface area contributed by atoms with Crippen LogP contribution in [0, 0.1) is 11.3 Å². The number of rotatable bonds is 3. The highest BCUT2D eigenvalue weighted by molar-refractivity contribution is 5.84. The lowest BCUT2D eigenvalue weighted by molar-refractivity contribution is -0.129. The monoisotopic (exact) mass is 194 g/mol. The number of allylic oxidation sites excluding steroid dienone is 3. The molecule has 0 bridgehead atoms. The number of carbonyl (C=O) groups is 1. The van der Waals surface area contributed by atoms with Crippen molar-refractivity contribution in [3.05, 3.63) is 24.3 Å². The van der Waals surface area contributed by atoms with Crippen molar-refractivity contribution >= 4 is 5.91 Å². The van der Waals surface area contributed by atoms with Crippen LogP contribution in [0.15, 0.2) is 24.3 Å². The second-order valence-electron chi connectivity index (χ2n) is 4.22. The number of hydrogen-bond donors (Lipinski definition) is 2. The standard InChI is InChI=1S/C11H18N2O/c1-9(2)8-11(10(14)13-12)6-4-3-5-7-11/h3-6,9H,7-8,12H2,1-2H3,(H,13,14). The average molecular weight is 194 g/mol. The molecule has 0 radical (unpaired) electrons. The summed E-state index contributed by atoms with van der Waals surface area (Å²) in [6, 6.07) is 0. The number of hydrogen-bond acceptors (Lipinski definition) is 2. The third-order valence-electron chi connectivity index (χ3n) is 2.50. The smallest absolute Gasteiger partial charge is 0.244 e. The van der Waals surface area contributed by atoms with Crippen molar-refractivity contribution in [2.75, 3.05) is 0 Å². The molecule has 1 unspecified atom stereocenters. The highest BCUT2D eigenvalue weighted by atomic mass is 16.2. The minimum absolute atomic E-state index is 0.0909. The maximum atomic E-state index is 11.7. The molecule has 0 spiro atoms. The van der Waals surface area contributed by atoms with Gasteiger partial charge in [0.05, 0.1) is 5.41 Å². The molecular formula is C11H18N2O. The summed E-state index contributed by atoms with van der Waals surface area (Å²) in [4.78, 5) is 11.7. The topological polar surface area (TPSA) is 55.1 Å². The normalized spacial score (nSPS) is 25.4. The molecule has 1 aliphatic carbocycles. The van der Waals surface area contributed by atoms with E-state index in [0.29, 0.717) is 5.92 Å². The van der Waals surface area contributed by atoms with Gasteiger partial charge in [0.15, 0.2) is 0 Å². The van der Waals surface area contributed by atoms with E-state index >= 15 is 0 Å². The molecule has 0 fully saturated rings. The van der Waals surface area contributed by atoms with Gasteiger partial charge in [-0.15, -0.1) is 0 Å². The van der Waals surface area contributed by atoms with Crippen LogP contribution in [0.25, 0.3) is 0 Å². The van der Waals surface area contributed by atoms with Gasteiger partial charge in [-0.3, -0.25) is 10.2 Å². The first-order valence-electron chi connectivity index (χ1n) is 4.96. The second-order valence-corrected chi connectivity index (χ2v) is 4.22. The number of carbonyl (C=O) groups excluding carboxylic acids is 1. The Hall–Kier alpha value is -1.09. The molecule has 0 aromatic heterocycles. The van der Waals surface area contributed by atoms with Gasteiger partial charge >= 0.3 is 0 Å². The Labute approximate surface area is 85.0 Å². The van der Waals surface area contributed by atoms with Crippen LogP contribution in [0.1, 0.15) is 26.7 Å². The quantitative estimate of drug-likeness (QED) is 0.406. The van der Waals surface area contributed by atoms with Crippen molar-refractivity contribution in [3.63, 3.8) is 0 Å². The van der Waals surface area contributed by atoms with Gasteiger partial charge in [-0.25, -0.2) is 5.84 Å². The predicted molar refractivity (Wildman–Crippen MR) is 57.1 cm³/mol. The Morgan fingerprint density at radius 2 is 2.29 bits per heavy atom. The van der Waals surface area contributed by atoms with E-state index in [1.54, 1.807) is 0 Å². The molecule has 14 heavy (non-hydrogen) atoms. The van der Waals surface area contributed by atoms with Crippen molar-refractivity contribution in [3.8, 4) is 0 Å². The highest BCUT2D eigenvalue weighted by Gasteiger charge is 2.35. The van der Waals surface area contributed by atoms with Crippen LogP contribution in [0.2, 0.25) is 0 Å². The first kappa shape index (κ1) is 11.0. The lowest BCUT2D eigenvalue weighted by Crippen LogP contribution is -2.44. The van der Waals surface area contributed by atoms with Gasteiger partial charge in [-0.05, 0) is 18.8 Å². The first-order chi connectivity index (χ1) is 6.60. The Bertz CT molecular complexity index is 268. The number of nitrogens with two attached hydrogens (primary N) is 1. The molecule has 0 heterocycles. The molecule has 78 valence electrons. The first-order valence-corrected chi connectivity index (χ1v) is 4.96. The molecule has 3 heteroatoms. The van der Waals surface area contributed by atoms with E-state index in [1.807, 2.05) is 24.3 Å². The number of amides is 1. The van der Waals surface area contributed by atoms with Gasteiger partial charge < -0.3 is 0 Å². The fourth-order valence-electron chi connectivity index (χ4n) is 1.95. The van der Waals surface area contributed by atoms with Crippen molar-refractivity contribution in [2.24, 2.45) is 17.2 Å². The summed E-state index contributed by atoms with van der Waals surface area (Å²) < 4.78 is 0. The van der Waals surface area contributed by atoms with Crippen molar-refractivity contribution < 1.29 is 4.79 Å². The van der Waals surface area contributed by atoms with Crippen LogP contribution in [-0.4, -0.2) is 5.91 Å². The molecule has 1 amide bonds. The lowest BCUT2D eigenvalue weighted by atomic mass is 9.74. The van der Waals surface area contributed by atoms with Gasteiger partial charge in [-0.2, -0.15) is 0 Å². The molecule has 0 aromatic rings. The molecule has 1 atom stereocenters.